The molecule has 0 radical (unpaired) electrons. The molecule has 0 saturated heterocycles. The van der Waals surface area contributed by atoms with E-state index in [0.29, 0.717) is 0 Å². The first-order valence-corrected chi connectivity index (χ1v) is 5.70. The van der Waals surface area contributed by atoms with E-state index in [1.807, 2.05) is 0 Å². The molecule has 82 valence electrons. The molecule has 1 aromatic rings. The van der Waals surface area contributed by atoms with E-state index in [2.05, 4.69) is 49.6 Å². The number of rotatable bonds is 1. The average molecular weight is 204 g/mol. The number of benzene rings is 1. The van der Waals surface area contributed by atoms with E-state index >= 15 is 0 Å². The monoisotopic (exact) mass is 204 g/mol. The summed E-state index contributed by atoms with van der Waals surface area (Å²) in [5.41, 5.74) is 4.08. The van der Waals surface area contributed by atoms with Crippen molar-refractivity contribution in [3.8, 4) is 0 Å². The fourth-order valence-corrected chi connectivity index (χ4v) is 1.97. The summed E-state index contributed by atoms with van der Waals surface area (Å²) < 4.78 is 0. The third kappa shape index (κ3) is 2.65. The van der Waals surface area contributed by atoms with Crippen molar-refractivity contribution < 1.29 is 0 Å². The van der Waals surface area contributed by atoms with Crippen LogP contribution in [0.4, 0.5) is 11.4 Å². The van der Waals surface area contributed by atoms with E-state index in [1.54, 1.807) is 0 Å². The van der Waals surface area contributed by atoms with Gasteiger partial charge in [0, 0.05) is 23.5 Å². The number of hydrogen-bond donors (Lipinski definition) is 2. The normalized spacial score (nSPS) is 15.4. The molecule has 2 heteroatoms. The molecule has 2 rings (SSSR count). The molecule has 1 aliphatic heterocycles. The number of anilines is 2. The fourth-order valence-electron chi connectivity index (χ4n) is 1.97. The van der Waals surface area contributed by atoms with Crippen LogP contribution in [0, 0.1) is 0 Å². The first-order valence-electron chi connectivity index (χ1n) is 5.70. The van der Waals surface area contributed by atoms with Gasteiger partial charge in [-0.2, -0.15) is 0 Å². The summed E-state index contributed by atoms with van der Waals surface area (Å²) in [5.74, 6) is 0. The van der Waals surface area contributed by atoms with Crippen molar-refractivity contribution in [2.75, 3.05) is 17.2 Å². The minimum absolute atomic E-state index is 0.128. The molecule has 1 aliphatic rings. The molecule has 0 aromatic heterocycles. The Kier molecular flexibility index (Phi) is 2.59. The number of aryl methyl sites for hydroxylation is 1. The summed E-state index contributed by atoms with van der Waals surface area (Å²) in [6, 6.07) is 6.63. The summed E-state index contributed by atoms with van der Waals surface area (Å²) in [6.45, 7) is 7.64. The lowest BCUT2D eigenvalue weighted by molar-refractivity contribution is 0.634. The minimum atomic E-state index is 0.128. The SMILES string of the molecule is CC(C)(C)Nc1ccc2c(c1)NCCC2. The summed E-state index contributed by atoms with van der Waals surface area (Å²) in [6.07, 6.45) is 2.46. The third-order valence-corrected chi connectivity index (χ3v) is 2.57. The Morgan fingerprint density at radius 2 is 2.07 bits per heavy atom. The highest BCUT2D eigenvalue weighted by molar-refractivity contribution is 5.63. The number of hydrogen-bond acceptors (Lipinski definition) is 2. The van der Waals surface area contributed by atoms with Gasteiger partial charge in [0.15, 0.2) is 0 Å². The topological polar surface area (TPSA) is 24.1 Å². The van der Waals surface area contributed by atoms with Gasteiger partial charge in [0.2, 0.25) is 0 Å². The van der Waals surface area contributed by atoms with Gasteiger partial charge in [-0.25, -0.2) is 0 Å². The molecule has 15 heavy (non-hydrogen) atoms. The van der Waals surface area contributed by atoms with Gasteiger partial charge in [0.1, 0.15) is 0 Å². The predicted octanol–water partition coefficient (Wildman–Crippen LogP) is 3.26. The molecule has 0 aliphatic carbocycles. The molecule has 0 fully saturated rings. The summed E-state index contributed by atoms with van der Waals surface area (Å²) in [5, 5.41) is 6.94. The molecular formula is C13H20N2. The molecular weight excluding hydrogens is 184 g/mol. The second-order valence-corrected chi connectivity index (χ2v) is 5.28. The first kappa shape index (κ1) is 10.3. The highest BCUT2D eigenvalue weighted by Crippen LogP contribution is 2.26. The maximum Gasteiger partial charge on any atom is 0.0393 e. The molecule has 0 saturated carbocycles. The zero-order chi connectivity index (χ0) is 10.9. The average Bonchev–Trinajstić information content (AvgIpc) is 2.15. The lowest BCUT2D eigenvalue weighted by atomic mass is 10.0. The van der Waals surface area contributed by atoms with Crippen molar-refractivity contribution in [2.45, 2.75) is 39.2 Å². The third-order valence-electron chi connectivity index (χ3n) is 2.57. The predicted molar refractivity (Wildman–Crippen MR) is 66.6 cm³/mol. The van der Waals surface area contributed by atoms with Gasteiger partial charge in [-0.3, -0.25) is 0 Å². The van der Waals surface area contributed by atoms with Crippen LogP contribution < -0.4 is 10.6 Å². The van der Waals surface area contributed by atoms with Gasteiger partial charge in [0.25, 0.3) is 0 Å². The molecule has 1 aromatic carbocycles. The molecule has 0 atom stereocenters. The van der Waals surface area contributed by atoms with Crippen molar-refractivity contribution in [3.05, 3.63) is 23.8 Å². The molecule has 2 N–H and O–H groups in total. The van der Waals surface area contributed by atoms with Gasteiger partial charge >= 0.3 is 0 Å². The molecule has 0 bridgehead atoms. The van der Waals surface area contributed by atoms with E-state index in [4.69, 9.17) is 0 Å². The quantitative estimate of drug-likeness (QED) is 0.733. The van der Waals surface area contributed by atoms with Crippen LogP contribution in [0.2, 0.25) is 0 Å². The fraction of sp³-hybridized carbons (Fsp3) is 0.538. The summed E-state index contributed by atoms with van der Waals surface area (Å²) >= 11 is 0. The molecule has 0 spiro atoms. The molecule has 2 nitrogen and oxygen atoms in total. The van der Waals surface area contributed by atoms with Crippen LogP contribution in [0.3, 0.4) is 0 Å². The van der Waals surface area contributed by atoms with E-state index in [0.717, 1.165) is 6.54 Å². The van der Waals surface area contributed by atoms with Gasteiger partial charge in [-0.05, 0) is 51.3 Å². The largest absolute Gasteiger partial charge is 0.385 e. The second-order valence-electron chi connectivity index (χ2n) is 5.28. The standard InChI is InChI=1S/C13H20N2/c1-13(2,3)15-11-7-6-10-5-4-8-14-12(10)9-11/h6-7,9,14-15H,4-5,8H2,1-3H3. The zero-order valence-electron chi connectivity index (χ0n) is 9.85. The minimum Gasteiger partial charge on any atom is -0.385 e. The highest BCUT2D eigenvalue weighted by Gasteiger charge is 2.12. The molecule has 0 unspecified atom stereocenters. The van der Waals surface area contributed by atoms with Crippen LogP contribution in [0.1, 0.15) is 32.8 Å². The maximum atomic E-state index is 3.49. The van der Waals surface area contributed by atoms with Crippen LogP contribution in [0.25, 0.3) is 0 Å². The smallest absolute Gasteiger partial charge is 0.0393 e. The van der Waals surface area contributed by atoms with Crippen LogP contribution in [0.15, 0.2) is 18.2 Å². The Hall–Kier alpha value is -1.18. The Morgan fingerprint density at radius 3 is 2.80 bits per heavy atom. The van der Waals surface area contributed by atoms with Crippen LogP contribution >= 0.6 is 0 Å². The lowest BCUT2D eigenvalue weighted by Gasteiger charge is -2.24. The van der Waals surface area contributed by atoms with Crippen LogP contribution in [-0.2, 0) is 6.42 Å². The lowest BCUT2D eigenvalue weighted by Crippen LogP contribution is -2.26. The van der Waals surface area contributed by atoms with E-state index in [1.165, 1.54) is 29.8 Å². The maximum absolute atomic E-state index is 3.49. The number of fused-ring (bicyclic) bond motifs is 1. The number of nitrogens with one attached hydrogen (secondary N) is 2. The zero-order valence-corrected chi connectivity index (χ0v) is 9.85. The van der Waals surface area contributed by atoms with Crippen LogP contribution in [0.5, 0.6) is 0 Å². The van der Waals surface area contributed by atoms with Crippen molar-refractivity contribution >= 4 is 11.4 Å². The van der Waals surface area contributed by atoms with E-state index in [-0.39, 0.29) is 5.54 Å². The Labute approximate surface area is 92.1 Å². The Morgan fingerprint density at radius 1 is 1.27 bits per heavy atom. The molecule has 1 heterocycles. The van der Waals surface area contributed by atoms with Gasteiger partial charge in [-0.1, -0.05) is 6.07 Å². The molecule has 0 amide bonds. The van der Waals surface area contributed by atoms with E-state index < -0.39 is 0 Å². The van der Waals surface area contributed by atoms with Crippen molar-refractivity contribution in [2.24, 2.45) is 0 Å². The summed E-state index contributed by atoms with van der Waals surface area (Å²) in [4.78, 5) is 0. The van der Waals surface area contributed by atoms with Crippen molar-refractivity contribution in [1.82, 2.24) is 0 Å². The highest BCUT2D eigenvalue weighted by atomic mass is 15.0. The first-order chi connectivity index (χ1) is 7.04. The summed E-state index contributed by atoms with van der Waals surface area (Å²) in [7, 11) is 0. The van der Waals surface area contributed by atoms with Gasteiger partial charge < -0.3 is 10.6 Å². The second kappa shape index (κ2) is 3.76. The van der Waals surface area contributed by atoms with Crippen molar-refractivity contribution in [1.29, 1.82) is 0 Å². The Balaban J connectivity index is 2.21. The van der Waals surface area contributed by atoms with Gasteiger partial charge in [0.05, 0.1) is 0 Å². The Bertz CT molecular complexity index is 350. The van der Waals surface area contributed by atoms with Crippen molar-refractivity contribution in [3.63, 3.8) is 0 Å². The van der Waals surface area contributed by atoms with E-state index in [9.17, 15) is 0 Å². The van der Waals surface area contributed by atoms with Crippen LogP contribution in [-0.4, -0.2) is 12.1 Å². The van der Waals surface area contributed by atoms with Gasteiger partial charge in [-0.15, -0.1) is 0 Å².